The molecule has 1 aromatic carbocycles. The van der Waals surface area contributed by atoms with Crippen LogP contribution in [0.15, 0.2) is 18.2 Å². The molecule has 22 heavy (non-hydrogen) atoms. The molecule has 0 radical (unpaired) electrons. The summed E-state index contributed by atoms with van der Waals surface area (Å²) in [6.45, 7) is 1.18. The Balaban J connectivity index is 1.88. The Hall–Kier alpha value is -1.27. The average molecular weight is 346 g/mol. The van der Waals surface area contributed by atoms with Crippen LogP contribution in [0.2, 0.25) is 5.02 Å². The minimum Gasteiger partial charge on any atom is -0.468 e. The van der Waals surface area contributed by atoms with Crippen LogP contribution < -0.4 is 0 Å². The van der Waals surface area contributed by atoms with E-state index in [1.54, 1.807) is 11.0 Å². The first-order valence-electron chi connectivity index (χ1n) is 6.90. The Labute approximate surface area is 137 Å². The summed E-state index contributed by atoms with van der Waals surface area (Å²) in [5.74, 6) is -0.597. The van der Waals surface area contributed by atoms with Crippen molar-refractivity contribution in [1.82, 2.24) is 4.90 Å². The number of hydrogen-bond acceptors (Lipinski definition) is 4. The maximum Gasteiger partial charge on any atom is 0.315 e. The molecule has 120 valence electrons. The summed E-state index contributed by atoms with van der Waals surface area (Å²) in [6.07, 6.45) is 0.776. The molecule has 1 amide bonds. The molecule has 0 aromatic heterocycles. The molecule has 0 aliphatic carbocycles. The predicted octanol–water partition coefficient (Wildman–Crippen LogP) is 2.53. The van der Waals surface area contributed by atoms with Crippen LogP contribution in [-0.2, 0) is 20.7 Å². The first-order chi connectivity index (χ1) is 10.5. The van der Waals surface area contributed by atoms with E-state index in [1.807, 2.05) is 0 Å². The summed E-state index contributed by atoms with van der Waals surface area (Å²) < 4.78 is 18.3. The van der Waals surface area contributed by atoms with Gasteiger partial charge >= 0.3 is 5.97 Å². The van der Waals surface area contributed by atoms with E-state index >= 15 is 0 Å². The highest BCUT2D eigenvalue weighted by molar-refractivity contribution is 8.00. The second-order valence-electron chi connectivity index (χ2n) is 5.01. The molecule has 1 aliphatic heterocycles. The topological polar surface area (TPSA) is 46.6 Å². The Morgan fingerprint density at radius 1 is 1.50 bits per heavy atom. The molecule has 1 aliphatic rings. The molecule has 0 unspecified atom stereocenters. The van der Waals surface area contributed by atoms with Crippen LogP contribution in [0, 0.1) is 5.82 Å². The minimum absolute atomic E-state index is 0.0418. The van der Waals surface area contributed by atoms with Crippen molar-refractivity contribution in [3.05, 3.63) is 34.6 Å². The van der Waals surface area contributed by atoms with Crippen molar-refractivity contribution in [2.45, 2.75) is 18.1 Å². The third-order valence-electron chi connectivity index (χ3n) is 3.55. The van der Waals surface area contributed by atoms with Crippen molar-refractivity contribution in [2.75, 3.05) is 26.0 Å². The fourth-order valence-corrected chi connectivity index (χ4v) is 3.58. The summed E-state index contributed by atoms with van der Waals surface area (Å²) in [6, 6.07) is 4.39. The molecule has 1 saturated heterocycles. The van der Waals surface area contributed by atoms with E-state index in [4.69, 9.17) is 11.6 Å². The highest BCUT2D eigenvalue weighted by Gasteiger charge is 2.27. The number of benzene rings is 1. The second kappa shape index (κ2) is 7.83. The van der Waals surface area contributed by atoms with Gasteiger partial charge in [-0.3, -0.25) is 9.59 Å². The summed E-state index contributed by atoms with van der Waals surface area (Å²) in [4.78, 5) is 25.1. The summed E-state index contributed by atoms with van der Waals surface area (Å²) in [7, 11) is 1.35. The number of likely N-dealkylation sites (tertiary alicyclic amines) is 1. The van der Waals surface area contributed by atoms with Gasteiger partial charge in [0.2, 0.25) is 5.91 Å². The number of thioether (sulfide) groups is 1. The number of methoxy groups -OCH3 is 1. The minimum atomic E-state index is -0.461. The molecule has 7 heteroatoms. The van der Waals surface area contributed by atoms with E-state index in [-0.39, 0.29) is 39.9 Å². The van der Waals surface area contributed by atoms with Crippen LogP contribution in [0.25, 0.3) is 0 Å². The van der Waals surface area contributed by atoms with Crippen LogP contribution >= 0.6 is 23.4 Å². The quantitative estimate of drug-likeness (QED) is 0.769. The molecule has 0 N–H and O–H groups in total. The maximum atomic E-state index is 13.7. The highest BCUT2D eigenvalue weighted by atomic mass is 35.5. The fourth-order valence-electron chi connectivity index (χ4n) is 2.30. The van der Waals surface area contributed by atoms with E-state index in [2.05, 4.69) is 4.74 Å². The van der Waals surface area contributed by atoms with E-state index in [0.717, 1.165) is 6.42 Å². The van der Waals surface area contributed by atoms with Gasteiger partial charge in [-0.1, -0.05) is 17.7 Å². The van der Waals surface area contributed by atoms with Gasteiger partial charge in [-0.25, -0.2) is 4.39 Å². The highest BCUT2D eigenvalue weighted by Crippen LogP contribution is 2.25. The zero-order valence-corrected chi connectivity index (χ0v) is 13.8. The monoisotopic (exact) mass is 345 g/mol. The van der Waals surface area contributed by atoms with Crippen molar-refractivity contribution in [3.8, 4) is 0 Å². The zero-order valence-electron chi connectivity index (χ0n) is 12.2. The van der Waals surface area contributed by atoms with E-state index in [9.17, 15) is 14.0 Å². The molecule has 0 bridgehead atoms. The lowest BCUT2D eigenvalue weighted by Crippen LogP contribution is -2.31. The maximum absolute atomic E-state index is 13.7. The van der Waals surface area contributed by atoms with Gasteiger partial charge in [-0.2, -0.15) is 0 Å². The van der Waals surface area contributed by atoms with Crippen molar-refractivity contribution in [3.63, 3.8) is 0 Å². The van der Waals surface area contributed by atoms with Crippen LogP contribution in [0.3, 0.4) is 0 Å². The smallest absolute Gasteiger partial charge is 0.315 e. The fraction of sp³-hybridized carbons (Fsp3) is 0.467. The van der Waals surface area contributed by atoms with Gasteiger partial charge in [0.1, 0.15) is 5.82 Å². The number of hydrogen-bond donors (Lipinski definition) is 0. The molecule has 0 spiro atoms. The molecule has 2 rings (SSSR count). The molecule has 1 aromatic rings. The number of ether oxygens (including phenoxy) is 1. The molecule has 4 nitrogen and oxygen atoms in total. The van der Waals surface area contributed by atoms with Crippen molar-refractivity contribution >= 4 is 35.2 Å². The first kappa shape index (κ1) is 17.1. The Kier molecular flexibility index (Phi) is 6.08. The summed E-state index contributed by atoms with van der Waals surface area (Å²) >= 11 is 7.43. The van der Waals surface area contributed by atoms with E-state index < -0.39 is 5.82 Å². The molecule has 0 saturated carbocycles. The third kappa shape index (κ3) is 4.36. The van der Waals surface area contributed by atoms with Gasteiger partial charge in [0.05, 0.1) is 19.3 Å². The predicted molar refractivity (Wildman–Crippen MR) is 84.6 cm³/mol. The van der Waals surface area contributed by atoms with Crippen molar-refractivity contribution in [1.29, 1.82) is 0 Å². The Morgan fingerprint density at radius 2 is 2.27 bits per heavy atom. The van der Waals surface area contributed by atoms with Crippen LogP contribution in [0.1, 0.15) is 12.0 Å². The number of nitrogens with zero attached hydrogens (tertiary/aromatic N) is 1. The van der Waals surface area contributed by atoms with Gasteiger partial charge in [0, 0.05) is 28.9 Å². The van der Waals surface area contributed by atoms with Gasteiger partial charge in [0.15, 0.2) is 0 Å². The first-order valence-corrected chi connectivity index (χ1v) is 8.33. The van der Waals surface area contributed by atoms with Crippen LogP contribution in [0.4, 0.5) is 4.39 Å². The van der Waals surface area contributed by atoms with Gasteiger partial charge in [-0.05, 0) is 18.6 Å². The molecule has 1 fully saturated rings. The normalized spacial score (nSPS) is 17.6. The van der Waals surface area contributed by atoms with E-state index in [1.165, 1.54) is 31.0 Å². The SMILES string of the molecule is COC(=O)CS[C@H]1CCN(C(=O)Cc2c(F)cccc2Cl)C1. The standard InChI is InChI=1S/C15H17ClFNO3S/c1-21-15(20)9-22-10-5-6-18(8-10)14(19)7-11-12(16)3-2-4-13(11)17/h2-4,10H,5-9H2,1H3/t10-/m0/s1. The zero-order chi connectivity index (χ0) is 16.1. The number of halogens is 2. The van der Waals surface area contributed by atoms with Crippen LogP contribution in [-0.4, -0.2) is 48.0 Å². The molecule has 1 heterocycles. The van der Waals surface area contributed by atoms with Gasteiger partial charge < -0.3 is 9.64 Å². The molecular weight excluding hydrogens is 329 g/mol. The largest absolute Gasteiger partial charge is 0.468 e. The Bertz CT molecular complexity index is 549. The number of amides is 1. The lowest BCUT2D eigenvalue weighted by molar-refractivity contribution is -0.137. The summed E-state index contributed by atoms with van der Waals surface area (Å²) in [5.41, 5.74) is 0.236. The molecule has 1 atom stereocenters. The molecular formula is C15H17ClFNO3S. The number of esters is 1. The lowest BCUT2D eigenvalue weighted by atomic mass is 10.1. The number of carbonyl (C=O) groups excluding carboxylic acids is 2. The summed E-state index contributed by atoms with van der Waals surface area (Å²) in [5, 5.41) is 0.475. The average Bonchev–Trinajstić information content (AvgIpc) is 2.97. The Morgan fingerprint density at radius 3 is 2.95 bits per heavy atom. The third-order valence-corrected chi connectivity index (χ3v) is 5.16. The van der Waals surface area contributed by atoms with E-state index in [0.29, 0.717) is 13.1 Å². The number of carbonyl (C=O) groups is 2. The van der Waals surface area contributed by atoms with Crippen molar-refractivity contribution < 1.29 is 18.7 Å². The van der Waals surface area contributed by atoms with Crippen molar-refractivity contribution in [2.24, 2.45) is 0 Å². The van der Waals surface area contributed by atoms with Gasteiger partial charge in [0.25, 0.3) is 0 Å². The number of rotatable bonds is 5. The second-order valence-corrected chi connectivity index (χ2v) is 6.71. The van der Waals surface area contributed by atoms with Crippen LogP contribution in [0.5, 0.6) is 0 Å². The van der Waals surface area contributed by atoms with Gasteiger partial charge in [-0.15, -0.1) is 11.8 Å². The lowest BCUT2D eigenvalue weighted by Gasteiger charge is -2.17.